The first-order chi connectivity index (χ1) is 8.95. The zero-order chi connectivity index (χ0) is 14.4. The van der Waals surface area contributed by atoms with Crippen LogP contribution in [0.25, 0.3) is 0 Å². The number of anilines is 2. The third-order valence-electron chi connectivity index (χ3n) is 2.67. The molecule has 0 saturated carbocycles. The van der Waals surface area contributed by atoms with E-state index in [9.17, 15) is 4.79 Å². The number of thioether (sulfide) groups is 1. The molecule has 0 unspecified atom stereocenters. The minimum absolute atomic E-state index is 0. The van der Waals surface area contributed by atoms with Gasteiger partial charge in [-0.25, -0.2) is 0 Å². The third-order valence-corrected chi connectivity index (χ3v) is 3.55. The molecule has 0 radical (unpaired) electrons. The first kappa shape index (κ1) is 19.4. The predicted octanol–water partition coefficient (Wildman–Crippen LogP) is 2.85. The van der Waals surface area contributed by atoms with Gasteiger partial charge in [-0.05, 0) is 36.6 Å². The first-order valence-corrected chi connectivity index (χ1v) is 7.75. The number of hydrogen-bond acceptors (Lipinski definition) is 4. The monoisotopic (exact) mass is 337 g/mol. The molecule has 0 spiro atoms. The first-order valence-electron chi connectivity index (χ1n) is 5.98. The summed E-state index contributed by atoms with van der Waals surface area (Å²) in [4.78, 5) is 13.9. The number of nitrogens with zero attached hydrogens (tertiary/aromatic N) is 1. The van der Waals surface area contributed by atoms with Crippen LogP contribution in [0.15, 0.2) is 18.2 Å². The maximum absolute atomic E-state index is 12.0. The van der Waals surface area contributed by atoms with Gasteiger partial charge in [-0.1, -0.05) is 11.6 Å². The van der Waals surface area contributed by atoms with Gasteiger partial charge in [0.25, 0.3) is 0 Å². The van der Waals surface area contributed by atoms with E-state index in [1.807, 2.05) is 31.3 Å². The highest BCUT2D eigenvalue weighted by Gasteiger charge is 2.15. The van der Waals surface area contributed by atoms with Crippen molar-refractivity contribution in [1.82, 2.24) is 0 Å². The Morgan fingerprint density at radius 3 is 2.70 bits per heavy atom. The highest BCUT2D eigenvalue weighted by atomic mass is 35.5. The van der Waals surface area contributed by atoms with Crippen molar-refractivity contribution in [2.45, 2.75) is 12.5 Å². The van der Waals surface area contributed by atoms with E-state index in [0.29, 0.717) is 17.1 Å². The Labute approximate surface area is 135 Å². The van der Waals surface area contributed by atoms with Gasteiger partial charge in [-0.15, -0.1) is 12.4 Å². The molecular formula is C13H21Cl2N3OS. The zero-order valence-corrected chi connectivity index (χ0v) is 14.2. The fourth-order valence-corrected chi connectivity index (χ4v) is 2.26. The lowest BCUT2D eigenvalue weighted by atomic mass is 10.2. The number of benzene rings is 1. The maximum Gasteiger partial charge on any atom is 0.241 e. The lowest BCUT2D eigenvalue weighted by Gasteiger charge is -2.19. The Bertz CT molecular complexity index is 444. The van der Waals surface area contributed by atoms with Crippen LogP contribution in [0.3, 0.4) is 0 Å². The Kier molecular flexibility index (Phi) is 9.05. The van der Waals surface area contributed by atoms with Gasteiger partial charge in [0, 0.05) is 19.1 Å². The molecule has 1 rings (SSSR count). The van der Waals surface area contributed by atoms with Crippen LogP contribution in [0.4, 0.5) is 11.4 Å². The van der Waals surface area contributed by atoms with E-state index in [4.69, 9.17) is 17.3 Å². The second kappa shape index (κ2) is 9.34. The van der Waals surface area contributed by atoms with Gasteiger partial charge in [0.05, 0.1) is 17.4 Å². The molecule has 114 valence electrons. The van der Waals surface area contributed by atoms with E-state index >= 15 is 0 Å². The molecule has 0 aliphatic carbocycles. The molecule has 0 aliphatic rings. The van der Waals surface area contributed by atoms with Gasteiger partial charge in [0.2, 0.25) is 5.91 Å². The summed E-state index contributed by atoms with van der Waals surface area (Å²) in [7, 11) is 3.82. The van der Waals surface area contributed by atoms with Crippen LogP contribution in [0.2, 0.25) is 5.02 Å². The van der Waals surface area contributed by atoms with Gasteiger partial charge in [0.1, 0.15) is 0 Å². The second-order valence-corrected chi connectivity index (χ2v) is 5.86. The Morgan fingerprint density at radius 2 is 2.15 bits per heavy atom. The molecule has 20 heavy (non-hydrogen) atoms. The molecule has 1 atom stereocenters. The van der Waals surface area contributed by atoms with Crippen molar-refractivity contribution in [2.24, 2.45) is 5.73 Å². The van der Waals surface area contributed by atoms with Crippen LogP contribution < -0.4 is 16.0 Å². The summed E-state index contributed by atoms with van der Waals surface area (Å²) in [5.41, 5.74) is 7.42. The van der Waals surface area contributed by atoms with Crippen molar-refractivity contribution < 1.29 is 4.79 Å². The number of carbonyl (C=O) groups is 1. The molecule has 0 aromatic heterocycles. The summed E-state index contributed by atoms with van der Waals surface area (Å²) >= 11 is 7.64. The predicted molar refractivity (Wildman–Crippen MR) is 92.6 cm³/mol. The topological polar surface area (TPSA) is 58.4 Å². The summed E-state index contributed by atoms with van der Waals surface area (Å²) in [5.74, 6) is 0.685. The smallest absolute Gasteiger partial charge is 0.241 e. The molecule has 7 heteroatoms. The standard InChI is InChI=1S/C13H20ClN3OS.ClH/c1-17(2)12-5-4-9(14)8-11(12)16-13(18)10(15)6-7-19-3;/h4-5,8,10H,6-7,15H2,1-3H3,(H,16,18);1H/t10-;/m0./s1. The van der Waals surface area contributed by atoms with E-state index in [2.05, 4.69) is 5.32 Å². The molecule has 0 aliphatic heterocycles. The van der Waals surface area contributed by atoms with Gasteiger partial charge >= 0.3 is 0 Å². The van der Waals surface area contributed by atoms with E-state index in [0.717, 1.165) is 11.4 Å². The quantitative estimate of drug-likeness (QED) is 0.837. The van der Waals surface area contributed by atoms with Crippen molar-refractivity contribution in [3.8, 4) is 0 Å². The SMILES string of the molecule is CSCC[C@H](N)C(=O)Nc1cc(Cl)ccc1N(C)C.Cl. The lowest BCUT2D eigenvalue weighted by molar-refractivity contribution is -0.117. The number of rotatable bonds is 6. The summed E-state index contributed by atoms with van der Waals surface area (Å²) in [5, 5.41) is 3.42. The summed E-state index contributed by atoms with van der Waals surface area (Å²) < 4.78 is 0. The fraction of sp³-hybridized carbons (Fsp3) is 0.462. The van der Waals surface area contributed by atoms with Crippen molar-refractivity contribution in [1.29, 1.82) is 0 Å². The molecule has 3 N–H and O–H groups in total. The second-order valence-electron chi connectivity index (χ2n) is 4.43. The molecule has 0 fully saturated rings. The fourth-order valence-electron chi connectivity index (χ4n) is 1.60. The minimum Gasteiger partial charge on any atom is -0.376 e. The molecule has 4 nitrogen and oxygen atoms in total. The van der Waals surface area contributed by atoms with Crippen molar-refractivity contribution in [2.75, 3.05) is 36.3 Å². The Morgan fingerprint density at radius 1 is 1.50 bits per heavy atom. The number of hydrogen-bond donors (Lipinski definition) is 2. The lowest BCUT2D eigenvalue weighted by Crippen LogP contribution is -2.36. The summed E-state index contributed by atoms with van der Waals surface area (Å²) in [6.07, 6.45) is 2.65. The highest BCUT2D eigenvalue weighted by Crippen LogP contribution is 2.27. The number of halogens is 2. The van der Waals surface area contributed by atoms with Crippen molar-refractivity contribution in [3.63, 3.8) is 0 Å². The number of nitrogens with two attached hydrogens (primary N) is 1. The van der Waals surface area contributed by atoms with Crippen LogP contribution >= 0.6 is 35.8 Å². The van der Waals surface area contributed by atoms with Crippen LogP contribution in [-0.4, -0.2) is 38.1 Å². The molecular weight excluding hydrogens is 317 g/mol. The average molecular weight is 338 g/mol. The number of carbonyl (C=O) groups excluding carboxylic acids is 1. The van der Waals surface area contributed by atoms with Crippen LogP contribution in [-0.2, 0) is 4.79 Å². The van der Waals surface area contributed by atoms with Crippen molar-refractivity contribution in [3.05, 3.63) is 23.2 Å². The van der Waals surface area contributed by atoms with E-state index in [-0.39, 0.29) is 18.3 Å². The van der Waals surface area contributed by atoms with Gasteiger partial charge < -0.3 is 16.0 Å². The zero-order valence-electron chi connectivity index (χ0n) is 11.9. The molecule has 0 bridgehead atoms. The molecule has 1 amide bonds. The highest BCUT2D eigenvalue weighted by molar-refractivity contribution is 7.98. The molecule has 0 heterocycles. The Hall–Kier alpha value is -0.620. The number of nitrogens with one attached hydrogen (secondary N) is 1. The normalized spacial score (nSPS) is 11.4. The average Bonchev–Trinajstić information content (AvgIpc) is 2.35. The van der Waals surface area contributed by atoms with Crippen LogP contribution in [0.1, 0.15) is 6.42 Å². The molecule has 1 aromatic carbocycles. The molecule has 1 aromatic rings. The van der Waals surface area contributed by atoms with Gasteiger partial charge in [-0.2, -0.15) is 11.8 Å². The van der Waals surface area contributed by atoms with Crippen molar-refractivity contribution >= 4 is 53.1 Å². The minimum atomic E-state index is -0.499. The van der Waals surface area contributed by atoms with E-state index in [1.165, 1.54) is 0 Å². The van der Waals surface area contributed by atoms with Gasteiger partial charge in [0.15, 0.2) is 0 Å². The summed E-state index contributed by atoms with van der Waals surface area (Å²) in [6, 6.07) is 4.89. The third kappa shape index (κ3) is 5.79. The Balaban J connectivity index is 0.00000361. The van der Waals surface area contributed by atoms with E-state index < -0.39 is 6.04 Å². The maximum atomic E-state index is 12.0. The van der Waals surface area contributed by atoms with Gasteiger partial charge in [-0.3, -0.25) is 4.79 Å². The van der Waals surface area contributed by atoms with Crippen LogP contribution in [0.5, 0.6) is 0 Å². The summed E-state index contributed by atoms with van der Waals surface area (Å²) in [6.45, 7) is 0. The largest absolute Gasteiger partial charge is 0.376 e. The van der Waals surface area contributed by atoms with E-state index in [1.54, 1.807) is 23.9 Å². The molecule has 0 saturated heterocycles. The number of amides is 1. The van der Waals surface area contributed by atoms with Crippen LogP contribution in [0, 0.1) is 0 Å².